The summed E-state index contributed by atoms with van der Waals surface area (Å²) in [5.41, 5.74) is 8.61. The summed E-state index contributed by atoms with van der Waals surface area (Å²) in [6, 6.07) is 9.34. The van der Waals surface area contributed by atoms with Gasteiger partial charge in [-0.1, -0.05) is 26.0 Å². The van der Waals surface area contributed by atoms with E-state index in [1.165, 1.54) is 0 Å². The molecule has 98 valence electrons. The van der Waals surface area contributed by atoms with Crippen molar-refractivity contribution in [1.29, 1.82) is 0 Å². The molecule has 0 fully saturated rings. The van der Waals surface area contributed by atoms with E-state index in [0.29, 0.717) is 11.7 Å². The zero-order valence-corrected chi connectivity index (χ0v) is 11.1. The van der Waals surface area contributed by atoms with Gasteiger partial charge in [-0.05, 0) is 30.5 Å². The van der Waals surface area contributed by atoms with Gasteiger partial charge in [-0.2, -0.15) is 0 Å². The van der Waals surface area contributed by atoms with Crippen molar-refractivity contribution in [2.75, 3.05) is 5.73 Å². The van der Waals surface area contributed by atoms with Crippen molar-refractivity contribution < 1.29 is 5.11 Å². The van der Waals surface area contributed by atoms with E-state index < -0.39 is 0 Å². The average Bonchev–Trinajstić information content (AvgIpc) is 2.66. The van der Waals surface area contributed by atoms with E-state index in [9.17, 15) is 5.11 Å². The number of phenols is 1. The lowest BCUT2D eigenvalue weighted by atomic mass is 10.1. The van der Waals surface area contributed by atoms with Crippen LogP contribution in [0.5, 0.6) is 5.75 Å². The Morgan fingerprint density at radius 3 is 2.79 bits per heavy atom. The van der Waals surface area contributed by atoms with Gasteiger partial charge < -0.3 is 10.8 Å². The Hall–Kier alpha value is -2.23. The van der Waals surface area contributed by atoms with Crippen molar-refractivity contribution in [1.82, 2.24) is 9.38 Å². The zero-order chi connectivity index (χ0) is 13.6. The smallest absolute Gasteiger partial charge is 0.140 e. The van der Waals surface area contributed by atoms with Crippen LogP contribution in [0.25, 0.3) is 16.6 Å². The molecule has 4 heteroatoms. The van der Waals surface area contributed by atoms with Gasteiger partial charge in [-0.15, -0.1) is 0 Å². The maximum absolute atomic E-state index is 10.1. The Morgan fingerprint density at radius 1 is 1.26 bits per heavy atom. The van der Waals surface area contributed by atoms with Gasteiger partial charge in [0.2, 0.25) is 0 Å². The first-order chi connectivity index (χ1) is 9.08. The monoisotopic (exact) mass is 255 g/mol. The number of fused-ring (bicyclic) bond motifs is 3. The third-order valence-electron chi connectivity index (χ3n) is 3.30. The number of anilines is 1. The highest BCUT2D eigenvalue weighted by molar-refractivity contribution is 5.88. The fraction of sp³-hybridized carbons (Fsp3) is 0.267. The first-order valence-corrected chi connectivity index (χ1v) is 6.45. The molecule has 3 N–H and O–H groups in total. The number of hydrogen-bond donors (Lipinski definition) is 2. The molecular formula is C15H17N3O. The molecule has 0 spiro atoms. The summed E-state index contributed by atoms with van der Waals surface area (Å²) in [6.07, 6.45) is 0.836. The highest BCUT2D eigenvalue weighted by atomic mass is 16.3. The maximum atomic E-state index is 10.1. The number of nitrogen functional groups attached to an aromatic ring is 1. The van der Waals surface area contributed by atoms with Crippen LogP contribution in [-0.4, -0.2) is 14.5 Å². The summed E-state index contributed by atoms with van der Waals surface area (Å²) in [7, 11) is 0. The van der Waals surface area contributed by atoms with Crippen molar-refractivity contribution in [3.63, 3.8) is 0 Å². The number of aromatic nitrogens is 2. The van der Waals surface area contributed by atoms with Crippen molar-refractivity contribution in [3.05, 3.63) is 36.0 Å². The second-order valence-corrected chi connectivity index (χ2v) is 5.28. The molecule has 2 heterocycles. The van der Waals surface area contributed by atoms with Gasteiger partial charge in [0.25, 0.3) is 0 Å². The molecule has 3 rings (SSSR count). The molecule has 0 amide bonds. The molecule has 0 aliphatic heterocycles. The van der Waals surface area contributed by atoms with Crippen molar-refractivity contribution in [2.24, 2.45) is 5.92 Å². The van der Waals surface area contributed by atoms with Crippen LogP contribution in [0.3, 0.4) is 0 Å². The third kappa shape index (κ3) is 1.80. The van der Waals surface area contributed by atoms with Crippen LogP contribution in [0.2, 0.25) is 0 Å². The number of hydrogen-bond acceptors (Lipinski definition) is 3. The topological polar surface area (TPSA) is 63.5 Å². The van der Waals surface area contributed by atoms with E-state index >= 15 is 0 Å². The lowest BCUT2D eigenvalue weighted by molar-refractivity contribution is 0.480. The standard InChI is InChI=1S/C15H17N3O/c1-9(2)8-11-15(16)18-13(17-11)7-6-10-4-3-5-12(19)14(10)18/h3-7,9,19H,8,16H2,1-2H3. The largest absolute Gasteiger partial charge is 0.506 e. The Kier molecular flexibility index (Phi) is 2.59. The molecule has 0 saturated carbocycles. The first kappa shape index (κ1) is 11.8. The van der Waals surface area contributed by atoms with Gasteiger partial charge in [-0.25, -0.2) is 4.98 Å². The molecule has 0 aliphatic rings. The molecule has 0 atom stereocenters. The molecule has 0 radical (unpaired) electrons. The van der Waals surface area contributed by atoms with Gasteiger partial charge in [0.05, 0.1) is 11.2 Å². The van der Waals surface area contributed by atoms with E-state index in [2.05, 4.69) is 18.8 Å². The van der Waals surface area contributed by atoms with E-state index in [1.54, 1.807) is 6.07 Å². The summed E-state index contributed by atoms with van der Waals surface area (Å²) in [6.45, 7) is 4.28. The number of imidazole rings is 1. The Labute approximate surface area is 111 Å². The highest BCUT2D eigenvalue weighted by Gasteiger charge is 2.14. The van der Waals surface area contributed by atoms with Crippen molar-refractivity contribution in [3.8, 4) is 5.75 Å². The fourth-order valence-electron chi connectivity index (χ4n) is 2.47. The summed E-state index contributed by atoms with van der Waals surface area (Å²) in [5.74, 6) is 1.34. The summed E-state index contributed by atoms with van der Waals surface area (Å²) in [4.78, 5) is 4.57. The molecule has 0 aliphatic carbocycles. The highest BCUT2D eigenvalue weighted by Crippen LogP contribution is 2.29. The summed E-state index contributed by atoms with van der Waals surface area (Å²) in [5, 5.41) is 11.0. The number of para-hydroxylation sites is 1. The quantitative estimate of drug-likeness (QED) is 0.740. The van der Waals surface area contributed by atoms with E-state index in [4.69, 9.17) is 5.73 Å². The molecule has 0 unspecified atom stereocenters. The van der Waals surface area contributed by atoms with Crippen LogP contribution in [0.15, 0.2) is 30.3 Å². The van der Waals surface area contributed by atoms with Crippen LogP contribution in [0.4, 0.5) is 5.82 Å². The number of phenolic OH excluding ortho intramolecular Hbond substituents is 1. The Bertz CT molecular complexity index is 759. The number of pyridine rings is 1. The number of nitrogens with zero attached hydrogens (tertiary/aromatic N) is 2. The van der Waals surface area contributed by atoms with Gasteiger partial charge in [-0.3, -0.25) is 4.40 Å². The predicted molar refractivity (Wildman–Crippen MR) is 77.3 cm³/mol. The fourth-order valence-corrected chi connectivity index (χ4v) is 2.47. The molecule has 0 bridgehead atoms. The van der Waals surface area contributed by atoms with Gasteiger partial charge in [0, 0.05) is 5.39 Å². The van der Waals surface area contributed by atoms with Crippen LogP contribution in [0, 0.1) is 5.92 Å². The van der Waals surface area contributed by atoms with Gasteiger partial charge in [0.1, 0.15) is 17.2 Å². The number of nitrogens with two attached hydrogens (primary N) is 1. The maximum Gasteiger partial charge on any atom is 0.140 e. The minimum Gasteiger partial charge on any atom is -0.506 e. The molecule has 1 aromatic carbocycles. The van der Waals surface area contributed by atoms with E-state index in [0.717, 1.165) is 28.7 Å². The van der Waals surface area contributed by atoms with Crippen LogP contribution in [-0.2, 0) is 6.42 Å². The zero-order valence-electron chi connectivity index (χ0n) is 11.1. The molecular weight excluding hydrogens is 238 g/mol. The number of benzene rings is 1. The molecule has 3 aromatic rings. The van der Waals surface area contributed by atoms with Crippen molar-refractivity contribution >= 4 is 22.4 Å². The van der Waals surface area contributed by atoms with Crippen LogP contribution in [0.1, 0.15) is 19.5 Å². The predicted octanol–water partition coefficient (Wildman–Crippen LogP) is 2.97. The minimum atomic E-state index is 0.225. The summed E-state index contributed by atoms with van der Waals surface area (Å²) < 4.78 is 1.84. The van der Waals surface area contributed by atoms with Crippen LogP contribution >= 0.6 is 0 Å². The Balaban J connectivity index is 2.38. The third-order valence-corrected chi connectivity index (χ3v) is 3.30. The second-order valence-electron chi connectivity index (χ2n) is 5.28. The van der Waals surface area contributed by atoms with Gasteiger partial charge in [0.15, 0.2) is 0 Å². The van der Waals surface area contributed by atoms with Gasteiger partial charge >= 0.3 is 0 Å². The summed E-state index contributed by atoms with van der Waals surface area (Å²) >= 11 is 0. The first-order valence-electron chi connectivity index (χ1n) is 6.45. The minimum absolute atomic E-state index is 0.225. The van der Waals surface area contributed by atoms with Crippen molar-refractivity contribution in [2.45, 2.75) is 20.3 Å². The van der Waals surface area contributed by atoms with Crippen LogP contribution < -0.4 is 5.73 Å². The SMILES string of the molecule is CC(C)Cc1nc2ccc3cccc(O)c3n2c1N. The van der Waals surface area contributed by atoms with E-state index in [1.807, 2.05) is 28.7 Å². The normalized spacial score (nSPS) is 11.7. The van der Waals surface area contributed by atoms with E-state index in [-0.39, 0.29) is 5.75 Å². The molecule has 4 nitrogen and oxygen atoms in total. The number of rotatable bonds is 2. The molecule has 2 aromatic heterocycles. The Morgan fingerprint density at radius 2 is 2.05 bits per heavy atom. The number of aromatic hydroxyl groups is 1. The molecule has 19 heavy (non-hydrogen) atoms. The molecule has 0 saturated heterocycles. The lowest BCUT2D eigenvalue weighted by Crippen LogP contribution is -2.01. The lowest BCUT2D eigenvalue weighted by Gasteiger charge is -2.06. The average molecular weight is 255 g/mol. The second kappa shape index (κ2) is 4.16.